The molecule has 0 saturated heterocycles. The van der Waals surface area contributed by atoms with Crippen molar-refractivity contribution in [1.82, 2.24) is 0 Å². The molecule has 0 atom stereocenters. The normalized spacial score (nSPS) is 13.8. The van der Waals surface area contributed by atoms with E-state index >= 15 is 0 Å². The predicted octanol–water partition coefficient (Wildman–Crippen LogP) is 3.86. The molecule has 6 heteroatoms. The van der Waals surface area contributed by atoms with Crippen LogP contribution in [0.4, 0.5) is 10.1 Å². The van der Waals surface area contributed by atoms with Gasteiger partial charge in [0.05, 0.1) is 22.8 Å². The van der Waals surface area contributed by atoms with E-state index in [9.17, 15) is 14.0 Å². The molecule has 1 aliphatic heterocycles. The number of amides is 1. The Morgan fingerprint density at radius 3 is 2.62 bits per heavy atom. The van der Waals surface area contributed by atoms with Crippen LogP contribution >= 0.6 is 23.2 Å². The van der Waals surface area contributed by atoms with E-state index in [-0.39, 0.29) is 22.7 Å². The summed E-state index contributed by atoms with van der Waals surface area (Å²) in [7, 11) is 0. The number of halogens is 3. The second kappa shape index (κ2) is 5.13. The van der Waals surface area contributed by atoms with Crippen molar-refractivity contribution in [1.29, 1.82) is 0 Å². The van der Waals surface area contributed by atoms with Crippen molar-refractivity contribution in [2.45, 2.75) is 6.54 Å². The van der Waals surface area contributed by atoms with Crippen LogP contribution in [0.3, 0.4) is 0 Å². The van der Waals surface area contributed by atoms with Gasteiger partial charge in [0.2, 0.25) is 0 Å². The number of anilines is 1. The number of benzene rings is 2. The monoisotopic (exact) mass is 323 g/mol. The minimum Gasteiger partial charge on any atom is -0.299 e. The van der Waals surface area contributed by atoms with Crippen LogP contribution in [0.15, 0.2) is 36.4 Å². The Labute approximate surface area is 129 Å². The molecule has 0 N–H and O–H groups in total. The van der Waals surface area contributed by atoms with Gasteiger partial charge in [-0.25, -0.2) is 4.39 Å². The van der Waals surface area contributed by atoms with Gasteiger partial charge in [0.25, 0.3) is 11.7 Å². The van der Waals surface area contributed by atoms with Gasteiger partial charge in [0.1, 0.15) is 5.82 Å². The molecule has 1 amide bonds. The quantitative estimate of drug-likeness (QED) is 0.787. The fraction of sp³-hybridized carbons (Fsp3) is 0.0667. The van der Waals surface area contributed by atoms with Crippen molar-refractivity contribution in [3.63, 3.8) is 0 Å². The van der Waals surface area contributed by atoms with Gasteiger partial charge in [0.15, 0.2) is 0 Å². The highest BCUT2D eigenvalue weighted by Gasteiger charge is 2.37. The predicted molar refractivity (Wildman–Crippen MR) is 78.4 cm³/mol. The highest BCUT2D eigenvalue weighted by molar-refractivity contribution is 6.54. The van der Waals surface area contributed by atoms with E-state index in [2.05, 4.69) is 0 Å². The lowest BCUT2D eigenvalue weighted by Crippen LogP contribution is -2.29. The second-order valence-electron chi connectivity index (χ2n) is 4.59. The number of Topliss-reactive ketones (excluding diaryl/α,β-unsaturated/α-hetero) is 1. The lowest BCUT2D eigenvalue weighted by Gasteiger charge is -2.18. The summed E-state index contributed by atoms with van der Waals surface area (Å²) in [5.41, 5.74) is 0.764. The molecule has 3 nitrogen and oxygen atoms in total. The average molecular weight is 324 g/mol. The SMILES string of the molecule is O=C1C(=O)N(Cc2cc(Cl)ccc2F)c2c(Cl)cccc21. The Balaban J connectivity index is 2.06. The third-order valence-corrected chi connectivity index (χ3v) is 3.82. The lowest BCUT2D eigenvalue weighted by molar-refractivity contribution is -0.114. The Morgan fingerprint density at radius 2 is 1.86 bits per heavy atom. The minimum absolute atomic E-state index is 0.103. The van der Waals surface area contributed by atoms with Crippen molar-refractivity contribution in [3.8, 4) is 0 Å². The molecule has 0 spiro atoms. The molecule has 2 aromatic carbocycles. The molecule has 2 aromatic rings. The highest BCUT2D eigenvalue weighted by atomic mass is 35.5. The van der Waals surface area contributed by atoms with E-state index in [1.807, 2.05) is 0 Å². The molecule has 106 valence electrons. The third kappa shape index (κ3) is 2.30. The minimum atomic E-state index is -0.725. The van der Waals surface area contributed by atoms with Crippen LogP contribution in [0.5, 0.6) is 0 Å². The zero-order chi connectivity index (χ0) is 15.1. The van der Waals surface area contributed by atoms with Crippen molar-refractivity contribution in [3.05, 3.63) is 63.4 Å². The summed E-state index contributed by atoms with van der Waals surface area (Å²) >= 11 is 11.9. The van der Waals surface area contributed by atoms with Crippen LogP contribution in [0, 0.1) is 5.82 Å². The van der Waals surface area contributed by atoms with Crippen LogP contribution in [-0.4, -0.2) is 11.7 Å². The molecule has 1 heterocycles. The Morgan fingerprint density at radius 1 is 1.10 bits per heavy atom. The zero-order valence-electron chi connectivity index (χ0n) is 10.6. The van der Waals surface area contributed by atoms with Gasteiger partial charge in [-0.3, -0.25) is 14.5 Å². The Bertz CT molecular complexity index is 776. The number of rotatable bonds is 2. The summed E-state index contributed by atoms with van der Waals surface area (Å²) in [4.78, 5) is 25.2. The van der Waals surface area contributed by atoms with Gasteiger partial charge >= 0.3 is 0 Å². The second-order valence-corrected chi connectivity index (χ2v) is 5.44. The fourth-order valence-corrected chi connectivity index (χ4v) is 2.77. The summed E-state index contributed by atoms with van der Waals surface area (Å²) in [5, 5.41) is 0.623. The number of fused-ring (bicyclic) bond motifs is 1. The molecule has 0 bridgehead atoms. The first-order valence-electron chi connectivity index (χ1n) is 6.07. The Kier molecular flexibility index (Phi) is 3.43. The van der Waals surface area contributed by atoms with Crippen molar-refractivity contribution < 1.29 is 14.0 Å². The van der Waals surface area contributed by atoms with Crippen LogP contribution in [0.25, 0.3) is 0 Å². The van der Waals surface area contributed by atoms with Crippen molar-refractivity contribution in [2.75, 3.05) is 4.90 Å². The van der Waals surface area contributed by atoms with E-state index in [4.69, 9.17) is 23.2 Å². The number of hydrogen-bond acceptors (Lipinski definition) is 2. The van der Waals surface area contributed by atoms with Crippen LogP contribution in [-0.2, 0) is 11.3 Å². The standard InChI is InChI=1S/C15H8Cl2FNO2/c16-9-4-5-12(18)8(6-9)7-19-13-10(14(20)15(19)21)2-1-3-11(13)17/h1-6H,7H2. The third-order valence-electron chi connectivity index (χ3n) is 3.28. The molecule has 21 heavy (non-hydrogen) atoms. The van der Waals surface area contributed by atoms with Gasteiger partial charge in [-0.05, 0) is 30.3 Å². The van der Waals surface area contributed by atoms with Crippen molar-refractivity contribution in [2.24, 2.45) is 0 Å². The molecule has 1 aliphatic rings. The molecule has 0 saturated carbocycles. The average Bonchev–Trinajstić information content (AvgIpc) is 2.69. The topological polar surface area (TPSA) is 37.4 Å². The van der Waals surface area contributed by atoms with E-state index in [0.717, 1.165) is 0 Å². The molecular weight excluding hydrogens is 316 g/mol. The first-order chi connectivity index (χ1) is 9.99. The van der Waals surface area contributed by atoms with Gasteiger partial charge in [0, 0.05) is 10.6 Å². The van der Waals surface area contributed by atoms with Crippen LogP contribution in [0.2, 0.25) is 10.0 Å². The number of hydrogen-bond donors (Lipinski definition) is 0. The number of ketones is 1. The summed E-state index contributed by atoms with van der Waals surface area (Å²) in [6.45, 7) is -0.103. The molecule has 0 unspecified atom stereocenters. The van der Waals surface area contributed by atoms with E-state index < -0.39 is 17.5 Å². The summed E-state index contributed by atoms with van der Waals surface area (Å²) in [5.74, 6) is -1.87. The molecule has 0 radical (unpaired) electrons. The first kappa shape index (κ1) is 14.0. The number of nitrogens with zero attached hydrogens (tertiary/aromatic N) is 1. The fourth-order valence-electron chi connectivity index (χ4n) is 2.30. The molecule has 0 aromatic heterocycles. The summed E-state index contributed by atoms with van der Waals surface area (Å²) < 4.78 is 13.8. The lowest BCUT2D eigenvalue weighted by atomic mass is 10.1. The largest absolute Gasteiger partial charge is 0.299 e. The van der Waals surface area contributed by atoms with Gasteiger partial charge in [-0.1, -0.05) is 29.3 Å². The van der Waals surface area contributed by atoms with Gasteiger partial charge in [-0.15, -0.1) is 0 Å². The van der Waals surface area contributed by atoms with E-state index in [1.54, 1.807) is 12.1 Å². The van der Waals surface area contributed by atoms with Crippen LogP contribution < -0.4 is 4.90 Å². The molecule has 3 rings (SSSR count). The smallest absolute Gasteiger partial charge is 0.299 e. The maximum atomic E-state index is 13.8. The molecule has 0 aliphatic carbocycles. The summed E-state index contributed by atoms with van der Waals surface area (Å²) in [6, 6.07) is 8.74. The number of carbonyl (C=O) groups excluding carboxylic acids is 2. The number of para-hydroxylation sites is 1. The van der Waals surface area contributed by atoms with E-state index in [0.29, 0.717) is 10.7 Å². The summed E-state index contributed by atoms with van der Waals surface area (Å²) in [6.07, 6.45) is 0. The number of carbonyl (C=O) groups is 2. The maximum absolute atomic E-state index is 13.8. The van der Waals surface area contributed by atoms with Crippen LogP contribution in [0.1, 0.15) is 15.9 Å². The van der Waals surface area contributed by atoms with Crippen molar-refractivity contribution >= 4 is 40.6 Å². The molecular formula is C15H8Cl2FNO2. The first-order valence-corrected chi connectivity index (χ1v) is 6.83. The van der Waals surface area contributed by atoms with Gasteiger partial charge in [-0.2, -0.15) is 0 Å². The van der Waals surface area contributed by atoms with Gasteiger partial charge < -0.3 is 0 Å². The highest BCUT2D eigenvalue weighted by Crippen LogP contribution is 2.37. The molecule has 0 fully saturated rings. The Hall–Kier alpha value is -1.91. The maximum Gasteiger partial charge on any atom is 0.299 e. The van der Waals surface area contributed by atoms with E-state index in [1.165, 1.54) is 29.2 Å². The zero-order valence-corrected chi connectivity index (χ0v) is 12.1.